The van der Waals surface area contributed by atoms with Gasteiger partial charge in [0.05, 0.1) is 7.11 Å². The van der Waals surface area contributed by atoms with E-state index in [1.807, 2.05) is 37.3 Å². The molecule has 120 valence electrons. The zero-order valence-electron chi connectivity index (χ0n) is 12.8. The molecule has 1 aliphatic heterocycles. The lowest BCUT2D eigenvalue weighted by Crippen LogP contribution is -2.50. The number of hydrogen-bond donors (Lipinski definition) is 0. The number of likely N-dealkylation sites (tertiary alicyclic amines) is 1. The van der Waals surface area contributed by atoms with Crippen LogP contribution < -0.4 is 0 Å². The molecule has 2 fully saturated rings. The zero-order valence-corrected chi connectivity index (χ0v) is 12.8. The summed E-state index contributed by atoms with van der Waals surface area (Å²) in [6.45, 7) is 2.03. The summed E-state index contributed by atoms with van der Waals surface area (Å²) in [5.74, 6) is -1.38. The summed E-state index contributed by atoms with van der Waals surface area (Å²) in [5.41, 5.74) is 1.09. The smallest absolute Gasteiger partial charge is 0.323 e. The number of rotatable bonds is 4. The molecule has 3 nitrogen and oxygen atoms in total. The molecule has 0 radical (unpaired) electrons. The van der Waals surface area contributed by atoms with Gasteiger partial charge in [0.15, 0.2) is 0 Å². The highest BCUT2D eigenvalue weighted by Crippen LogP contribution is 2.51. The first-order valence-electron chi connectivity index (χ1n) is 7.73. The molecular formula is C17H21F2NO2. The number of nitrogens with zero attached hydrogens (tertiary/aromatic N) is 1. The Morgan fingerprint density at radius 1 is 1.27 bits per heavy atom. The molecule has 0 amide bonds. The number of methoxy groups -OCH3 is 1. The monoisotopic (exact) mass is 309 g/mol. The van der Waals surface area contributed by atoms with Crippen LogP contribution in [0.1, 0.15) is 31.4 Å². The SMILES string of the molecule is COC(=O)C1C2CC(CC2C(F)F)N1C(C)c1ccccc1. The summed E-state index contributed by atoms with van der Waals surface area (Å²) in [6.07, 6.45) is -1.24. The molecule has 0 aromatic heterocycles. The molecule has 5 heteroatoms. The minimum atomic E-state index is -2.36. The van der Waals surface area contributed by atoms with Gasteiger partial charge in [0, 0.05) is 18.0 Å². The van der Waals surface area contributed by atoms with E-state index < -0.39 is 18.4 Å². The van der Waals surface area contributed by atoms with E-state index in [1.54, 1.807) is 0 Å². The van der Waals surface area contributed by atoms with Gasteiger partial charge in [-0.3, -0.25) is 9.69 Å². The van der Waals surface area contributed by atoms with Crippen LogP contribution in [0.3, 0.4) is 0 Å². The van der Waals surface area contributed by atoms with Crippen LogP contribution in [-0.2, 0) is 9.53 Å². The first kappa shape index (κ1) is 15.4. The average Bonchev–Trinajstić information content (AvgIpc) is 3.12. The Morgan fingerprint density at radius 2 is 1.95 bits per heavy atom. The van der Waals surface area contributed by atoms with Crippen molar-refractivity contribution in [1.82, 2.24) is 4.90 Å². The molecule has 1 aromatic rings. The van der Waals surface area contributed by atoms with Crippen molar-refractivity contribution in [2.75, 3.05) is 7.11 Å². The van der Waals surface area contributed by atoms with Crippen LogP contribution in [0.25, 0.3) is 0 Å². The lowest BCUT2D eigenvalue weighted by Gasteiger charge is -2.40. The molecular weight excluding hydrogens is 288 g/mol. The standard InChI is InChI=1S/C17H21F2NO2/c1-10(11-6-4-3-5-7-11)20-12-8-13(14(9-12)16(18)19)15(20)17(21)22-2/h3-7,10,12-16H,8-9H2,1-2H3. The van der Waals surface area contributed by atoms with Gasteiger partial charge < -0.3 is 4.74 Å². The largest absolute Gasteiger partial charge is 0.468 e. The molecule has 0 N–H and O–H groups in total. The summed E-state index contributed by atoms with van der Waals surface area (Å²) in [5, 5.41) is 0. The summed E-state index contributed by atoms with van der Waals surface area (Å²) in [6, 6.07) is 9.35. The van der Waals surface area contributed by atoms with E-state index in [4.69, 9.17) is 4.74 Å². The zero-order chi connectivity index (χ0) is 15.9. The van der Waals surface area contributed by atoms with Gasteiger partial charge in [-0.15, -0.1) is 0 Å². The summed E-state index contributed by atoms with van der Waals surface area (Å²) in [4.78, 5) is 14.3. The maximum absolute atomic E-state index is 13.2. The predicted molar refractivity (Wildman–Crippen MR) is 78.5 cm³/mol. The third-order valence-electron chi connectivity index (χ3n) is 5.28. The molecule has 1 saturated heterocycles. The number of piperidine rings is 1. The van der Waals surface area contributed by atoms with E-state index in [0.717, 1.165) is 5.56 Å². The van der Waals surface area contributed by atoms with Crippen LogP contribution in [0.15, 0.2) is 30.3 Å². The molecule has 1 heterocycles. The number of ether oxygens (including phenoxy) is 1. The Hall–Kier alpha value is -1.49. The average molecular weight is 309 g/mol. The maximum Gasteiger partial charge on any atom is 0.323 e. The minimum absolute atomic E-state index is 0.0129. The van der Waals surface area contributed by atoms with Crippen LogP contribution in [0.5, 0.6) is 0 Å². The van der Waals surface area contributed by atoms with Gasteiger partial charge in [-0.05, 0) is 31.2 Å². The van der Waals surface area contributed by atoms with E-state index in [9.17, 15) is 13.6 Å². The van der Waals surface area contributed by atoms with Crippen molar-refractivity contribution in [3.63, 3.8) is 0 Å². The quantitative estimate of drug-likeness (QED) is 0.800. The van der Waals surface area contributed by atoms with Crippen LogP contribution in [0.2, 0.25) is 0 Å². The number of fused-ring (bicyclic) bond motifs is 2. The third kappa shape index (κ3) is 2.41. The van der Waals surface area contributed by atoms with Crippen LogP contribution >= 0.6 is 0 Å². The molecule has 2 bridgehead atoms. The van der Waals surface area contributed by atoms with Crippen molar-refractivity contribution in [3.8, 4) is 0 Å². The van der Waals surface area contributed by atoms with Gasteiger partial charge in [-0.1, -0.05) is 30.3 Å². The van der Waals surface area contributed by atoms with Gasteiger partial charge >= 0.3 is 5.97 Å². The number of alkyl halides is 2. The fourth-order valence-corrected chi connectivity index (χ4v) is 4.30. The predicted octanol–water partition coefficient (Wildman–Crippen LogP) is 3.26. The van der Waals surface area contributed by atoms with Crippen LogP contribution in [-0.4, -0.2) is 36.5 Å². The van der Waals surface area contributed by atoms with Crippen LogP contribution in [0, 0.1) is 11.8 Å². The number of carbonyl (C=O) groups is 1. The van der Waals surface area contributed by atoms with Crippen molar-refractivity contribution < 1.29 is 18.3 Å². The first-order valence-corrected chi connectivity index (χ1v) is 7.73. The van der Waals surface area contributed by atoms with Gasteiger partial charge in [0.2, 0.25) is 6.43 Å². The van der Waals surface area contributed by atoms with Gasteiger partial charge in [0.1, 0.15) is 6.04 Å². The summed E-state index contributed by atoms with van der Waals surface area (Å²) >= 11 is 0. The number of esters is 1. The Balaban J connectivity index is 1.89. The number of hydrogen-bond acceptors (Lipinski definition) is 3. The molecule has 5 atom stereocenters. The normalized spacial score (nSPS) is 32.4. The number of carbonyl (C=O) groups excluding carboxylic acids is 1. The Bertz CT molecular complexity index is 537. The van der Waals surface area contributed by atoms with E-state index in [-0.39, 0.29) is 24.0 Å². The van der Waals surface area contributed by atoms with E-state index >= 15 is 0 Å². The Morgan fingerprint density at radius 3 is 2.55 bits per heavy atom. The molecule has 1 aromatic carbocycles. The van der Waals surface area contributed by atoms with Crippen molar-refractivity contribution in [2.45, 2.75) is 44.3 Å². The maximum atomic E-state index is 13.2. The van der Waals surface area contributed by atoms with Gasteiger partial charge in [-0.2, -0.15) is 0 Å². The van der Waals surface area contributed by atoms with Gasteiger partial charge in [-0.25, -0.2) is 8.78 Å². The molecule has 1 saturated carbocycles. The van der Waals surface area contributed by atoms with Crippen molar-refractivity contribution in [1.29, 1.82) is 0 Å². The summed E-state index contributed by atoms with van der Waals surface area (Å²) < 4.78 is 31.3. The molecule has 2 aliphatic rings. The second-order valence-electron chi connectivity index (χ2n) is 6.29. The fourth-order valence-electron chi connectivity index (χ4n) is 4.30. The molecule has 22 heavy (non-hydrogen) atoms. The highest BCUT2D eigenvalue weighted by molar-refractivity contribution is 5.77. The van der Waals surface area contributed by atoms with Gasteiger partial charge in [0.25, 0.3) is 0 Å². The topological polar surface area (TPSA) is 29.5 Å². The molecule has 1 aliphatic carbocycles. The Kier molecular flexibility index (Phi) is 4.17. The van der Waals surface area contributed by atoms with E-state index in [1.165, 1.54) is 7.11 Å². The summed E-state index contributed by atoms with van der Waals surface area (Å²) in [7, 11) is 1.33. The van der Waals surface area contributed by atoms with Crippen LogP contribution in [0.4, 0.5) is 8.78 Å². The first-order chi connectivity index (χ1) is 10.5. The highest BCUT2D eigenvalue weighted by atomic mass is 19.3. The molecule has 3 rings (SSSR count). The number of benzene rings is 1. The third-order valence-corrected chi connectivity index (χ3v) is 5.28. The van der Waals surface area contributed by atoms with E-state index in [0.29, 0.717) is 12.8 Å². The van der Waals surface area contributed by atoms with E-state index in [2.05, 4.69) is 4.90 Å². The Labute approximate surface area is 129 Å². The molecule has 5 unspecified atom stereocenters. The second-order valence-corrected chi connectivity index (χ2v) is 6.29. The lowest BCUT2D eigenvalue weighted by molar-refractivity contribution is -0.152. The number of halogens is 2. The lowest BCUT2D eigenvalue weighted by atomic mass is 9.86. The minimum Gasteiger partial charge on any atom is -0.468 e. The fraction of sp³-hybridized carbons (Fsp3) is 0.588. The second kappa shape index (κ2) is 5.95. The molecule has 0 spiro atoms. The van der Waals surface area contributed by atoms with Crippen molar-refractivity contribution in [3.05, 3.63) is 35.9 Å². The van der Waals surface area contributed by atoms with Crippen molar-refractivity contribution >= 4 is 5.97 Å². The highest BCUT2D eigenvalue weighted by Gasteiger charge is 2.58. The van der Waals surface area contributed by atoms with Crippen molar-refractivity contribution in [2.24, 2.45) is 11.8 Å².